The second kappa shape index (κ2) is 6.07. The minimum Gasteiger partial charge on any atom is -0.481 e. The zero-order chi connectivity index (χ0) is 13.7. The van der Waals surface area contributed by atoms with E-state index in [0.717, 1.165) is 11.4 Å². The fourth-order valence-electron chi connectivity index (χ4n) is 1.58. The summed E-state index contributed by atoms with van der Waals surface area (Å²) in [6.45, 7) is 0.531. The molecule has 0 saturated heterocycles. The standard InChI is InChI=1S/C14H12ClN3O/c1-19-14-4-2-3-11(18-14)9-17-13-6-5-10(8-16)7-12(13)15/h2-7,17H,9H2,1H3. The number of nitrogens with zero attached hydrogens (tertiary/aromatic N) is 2. The highest BCUT2D eigenvalue weighted by atomic mass is 35.5. The number of pyridine rings is 1. The molecule has 2 rings (SSSR count). The first-order valence-corrected chi connectivity index (χ1v) is 6.04. The fraction of sp³-hybridized carbons (Fsp3) is 0.143. The summed E-state index contributed by atoms with van der Waals surface area (Å²) < 4.78 is 5.06. The van der Waals surface area contributed by atoms with E-state index in [-0.39, 0.29) is 0 Å². The molecule has 1 aromatic carbocycles. The lowest BCUT2D eigenvalue weighted by Gasteiger charge is -2.08. The maximum Gasteiger partial charge on any atom is 0.213 e. The lowest BCUT2D eigenvalue weighted by Crippen LogP contribution is -2.03. The molecular formula is C14H12ClN3O. The Kier molecular flexibility index (Phi) is 4.22. The highest BCUT2D eigenvalue weighted by molar-refractivity contribution is 6.33. The van der Waals surface area contributed by atoms with Gasteiger partial charge in [0.2, 0.25) is 5.88 Å². The molecule has 4 nitrogen and oxygen atoms in total. The van der Waals surface area contributed by atoms with E-state index in [4.69, 9.17) is 21.6 Å². The minimum atomic E-state index is 0.516. The summed E-state index contributed by atoms with van der Waals surface area (Å²) in [5, 5.41) is 12.5. The SMILES string of the molecule is COc1cccc(CNc2ccc(C#N)cc2Cl)n1. The van der Waals surface area contributed by atoms with Gasteiger partial charge < -0.3 is 10.1 Å². The maximum absolute atomic E-state index is 8.77. The van der Waals surface area contributed by atoms with Gasteiger partial charge in [-0.2, -0.15) is 5.26 Å². The molecule has 1 aromatic heterocycles. The second-order valence-corrected chi connectivity index (χ2v) is 4.24. The number of rotatable bonds is 4. The van der Waals surface area contributed by atoms with Crippen molar-refractivity contribution in [2.24, 2.45) is 0 Å². The second-order valence-electron chi connectivity index (χ2n) is 3.83. The molecule has 2 aromatic rings. The lowest BCUT2D eigenvalue weighted by atomic mass is 10.2. The van der Waals surface area contributed by atoms with Crippen LogP contribution in [0.25, 0.3) is 0 Å². The number of anilines is 1. The van der Waals surface area contributed by atoms with Crippen molar-refractivity contribution in [3.63, 3.8) is 0 Å². The number of halogens is 1. The van der Waals surface area contributed by atoms with E-state index in [2.05, 4.69) is 10.3 Å². The van der Waals surface area contributed by atoms with Gasteiger partial charge in [-0.1, -0.05) is 17.7 Å². The van der Waals surface area contributed by atoms with E-state index < -0.39 is 0 Å². The van der Waals surface area contributed by atoms with Gasteiger partial charge in [0.15, 0.2) is 0 Å². The van der Waals surface area contributed by atoms with Crippen LogP contribution in [0.5, 0.6) is 5.88 Å². The minimum absolute atomic E-state index is 0.516. The van der Waals surface area contributed by atoms with Crippen molar-refractivity contribution in [2.45, 2.75) is 6.54 Å². The Hall–Kier alpha value is -2.25. The number of benzene rings is 1. The molecule has 1 heterocycles. The van der Waals surface area contributed by atoms with E-state index in [0.29, 0.717) is 23.0 Å². The van der Waals surface area contributed by atoms with Crippen LogP contribution in [-0.4, -0.2) is 12.1 Å². The first kappa shape index (κ1) is 13.2. The Morgan fingerprint density at radius 2 is 2.21 bits per heavy atom. The first-order valence-electron chi connectivity index (χ1n) is 5.66. The summed E-state index contributed by atoms with van der Waals surface area (Å²) in [6, 6.07) is 12.7. The summed E-state index contributed by atoms with van der Waals surface area (Å²) in [5.41, 5.74) is 2.15. The third-order valence-electron chi connectivity index (χ3n) is 2.55. The van der Waals surface area contributed by atoms with Gasteiger partial charge >= 0.3 is 0 Å². The smallest absolute Gasteiger partial charge is 0.213 e. The Bertz CT molecular complexity index is 622. The van der Waals surface area contributed by atoms with Gasteiger partial charge in [-0.25, -0.2) is 4.98 Å². The van der Waals surface area contributed by atoms with Crippen molar-refractivity contribution in [1.29, 1.82) is 5.26 Å². The molecule has 0 fully saturated rings. The monoisotopic (exact) mass is 273 g/mol. The van der Waals surface area contributed by atoms with Crippen LogP contribution >= 0.6 is 11.6 Å². The lowest BCUT2D eigenvalue weighted by molar-refractivity contribution is 0.396. The molecule has 0 atom stereocenters. The van der Waals surface area contributed by atoms with E-state index >= 15 is 0 Å². The molecule has 1 N–H and O–H groups in total. The highest BCUT2D eigenvalue weighted by Crippen LogP contribution is 2.23. The molecular weight excluding hydrogens is 262 g/mol. The van der Waals surface area contributed by atoms with Gasteiger partial charge in [0.25, 0.3) is 0 Å². The van der Waals surface area contributed by atoms with Gasteiger partial charge in [0, 0.05) is 6.07 Å². The Morgan fingerprint density at radius 3 is 2.89 bits per heavy atom. The Morgan fingerprint density at radius 1 is 1.37 bits per heavy atom. The predicted molar refractivity (Wildman–Crippen MR) is 74.3 cm³/mol. The quantitative estimate of drug-likeness (QED) is 0.929. The van der Waals surface area contributed by atoms with Crippen molar-refractivity contribution in [3.8, 4) is 11.9 Å². The summed E-state index contributed by atoms with van der Waals surface area (Å²) in [5.74, 6) is 0.574. The molecule has 0 amide bonds. The maximum atomic E-state index is 8.77. The molecule has 0 aliphatic carbocycles. The number of nitrogens with one attached hydrogen (secondary N) is 1. The first-order chi connectivity index (χ1) is 9.22. The molecule has 0 aliphatic heterocycles. The molecule has 0 saturated carbocycles. The van der Waals surface area contributed by atoms with Gasteiger partial charge in [0.05, 0.1) is 41.7 Å². The van der Waals surface area contributed by atoms with Gasteiger partial charge in [0.1, 0.15) is 0 Å². The normalized spacial score (nSPS) is 9.74. The largest absolute Gasteiger partial charge is 0.481 e. The third-order valence-corrected chi connectivity index (χ3v) is 2.86. The van der Waals surface area contributed by atoms with E-state index in [9.17, 15) is 0 Å². The van der Waals surface area contributed by atoms with Crippen molar-refractivity contribution in [2.75, 3.05) is 12.4 Å². The van der Waals surface area contributed by atoms with Gasteiger partial charge in [-0.3, -0.25) is 0 Å². The molecule has 0 aliphatic rings. The van der Waals surface area contributed by atoms with Crippen molar-refractivity contribution < 1.29 is 4.74 Å². The number of hydrogen-bond acceptors (Lipinski definition) is 4. The average molecular weight is 274 g/mol. The van der Waals surface area contributed by atoms with E-state index in [1.54, 1.807) is 31.4 Å². The molecule has 96 valence electrons. The number of hydrogen-bond donors (Lipinski definition) is 1. The highest BCUT2D eigenvalue weighted by Gasteiger charge is 2.03. The fourth-order valence-corrected chi connectivity index (χ4v) is 1.83. The van der Waals surface area contributed by atoms with Crippen LogP contribution in [0.3, 0.4) is 0 Å². The molecule has 0 unspecified atom stereocenters. The number of ether oxygens (including phenoxy) is 1. The molecule has 0 bridgehead atoms. The Balaban J connectivity index is 2.08. The Labute approximate surface area is 116 Å². The number of methoxy groups -OCH3 is 1. The van der Waals surface area contributed by atoms with E-state index in [1.165, 1.54) is 0 Å². The van der Waals surface area contributed by atoms with Crippen molar-refractivity contribution >= 4 is 17.3 Å². The number of nitriles is 1. The molecule has 0 spiro atoms. The average Bonchev–Trinajstić information content (AvgIpc) is 2.46. The van der Waals surface area contributed by atoms with Crippen LogP contribution in [0.15, 0.2) is 36.4 Å². The zero-order valence-corrected chi connectivity index (χ0v) is 11.1. The topological polar surface area (TPSA) is 57.9 Å². The third kappa shape index (κ3) is 3.36. The van der Waals surface area contributed by atoms with Crippen molar-refractivity contribution in [3.05, 3.63) is 52.7 Å². The molecule has 5 heteroatoms. The van der Waals surface area contributed by atoms with Crippen LogP contribution in [0, 0.1) is 11.3 Å². The van der Waals surface area contributed by atoms with Crippen LogP contribution in [0.2, 0.25) is 5.02 Å². The molecule has 19 heavy (non-hydrogen) atoms. The van der Waals surface area contributed by atoms with E-state index in [1.807, 2.05) is 18.2 Å². The van der Waals surface area contributed by atoms with Gasteiger partial charge in [-0.15, -0.1) is 0 Å². The number of aromatic nitrogens is 1. The van der Waals surface area contributed by atoms with Crippen LogP contribution in [-0.2, 0) is 6.54 Å². The summed E-state index contributed by atoms with van der Waals surface area (Å²) in [6.07, 6.45) is 0. The van der Waals surface area contributed by atoms with Gasteiger partial charge in [-0.05, 0) is 24.3 Å². The van der Waals surface area contributed by atoms with Crippen LogP contribution < -0.4 is 10.1 Å². The summed E-state index contributed by atoms with van der Waals surface area (Å²) >= 11 is 6.07. The predicted octanol–water partition coefficient (Wildman–Crippen LogP) is 3.23. The van der Waals surface area contributed by atoms with Crippen LogP contribution in [0.4, 0.5) is 5.69 Å². The zero-order valence-electron chi connectivity index (χ0n) is 10.4. The molecule has 0 radical (unpaired) electrons. The van der Waals surface area contributed by atoms with Crippen molar-refractivity contribution in [1.82, 2.24) is 4.98 Å². The summed E-state index contributed by atoms with van der Waals surface area (Å²) in [4.78, 5) is 4.29. The summed E-state index contributed by atoms with van der Waals surface area (Å²) in [7, 11) is 1.58. The van der Waals surface area contributed by atoms with Crippen LogP contribution in [0.1, 0.15) is 11.3 Å².